The molecule has 4 aromatic rings. The summed E-state index contributed by atoms with van der Waals surface area (Å²) >= 11 is 0. The molecule has 3 heterocycles. The molecule has 0 aliphatic rings. The Kier molecular flexibility index (Phi) is 4.73. The van der Waals surface area contributed by atoms with Gasteiger partial charge in [-0.05, 0) is 41.0 Å². The molecule has 0 spiro atoms. The van der Waals surface area contributed by atoms with Crippen molar-refractivity contribution in [1.29, 1.82) is 0 Å². The molecule has 0 aliphatic heterocycles. The van der Waals surface area contributed by atoms with Crippen molar-refractivity contribution < 1.29 is 17.9 Å². The van der Waals surface area contributed by atoms with Gasteiger partial charge in [0, 0.05) is 36.5 Å². The first-order chi connectivity index (χ1) is 13.5. The third-order valence-corrected chi connectivity index (χ3v) is 4.37. The van der Waals surface area contributed by atoms with Crippen LogP contribution in [0, 0.1) is 0 Å². The van der Waals surface area contributed by atoms with Crippen molar-refractivity contribution in [2.45, 2.75) is 19.2 Å². The van der Waals surface area contributed by atoms with Gasteiger partial charge in [-0.1, -0.05) is 18.2 Å². The average Bonchev–Trinajstić information content (AvgIpc) is 3.10. The predicted octanol–water partition coefficient (Wildman–Crippen LogP) is 5.15. The van der Waals surface area contributed by atoms with Crippen LogP contribution < -0.4 is 4.74 Å². The van der Waals surface area contributed by atoms with Crippen LogP contribution in [-0.4, -0.2) is 15.0 Å². The molecule has 0 atom stereocenters. The third kappa shape index (κ3) is 3.98. The second-order valence-electron chi connectivity index (χ2n) is 6.38. The number of fused-ring (bicyclic) bond motifs is 1. The fourth-order valence-electron chi connectivity index (χ4n) is 2.97. The van der Waals surface area contributed by atoms with Crippen LogP contribution in [0.3, 0.4) is 0 Å². The number of nitrogens with zero attached hydrogens (tertiary/aromatic N) is 2. The summed E-state index contributed by atoms with van der Waals surface area (Å²) in [6.07, 6.45) is 1.69. The molecule has 0 bridgehead atoms. The van der Waals surface area contributed by atoms with Crippen LogP contribution in [0.5, 0.6) is 5.88 Å². The van der Waals surface area contributed by atoms with Gasteiger partial charge in [0.1, 0.15) is 12.3 Å². The highest BCUT2D eigenvalue weighted by atomic mass is 19.4. The minimum Gasteiger partial charge on any atom is -0.473 e. The van der Waals surface area contributed by atoms with E-state index in [2.05, 4.69) is 15.0 Å². The van der Waals surface area contributed by atoms with Crippen LogP contribution >= 0.6 is 0 Å². The molecule has 0 radical (unpaired) electrons. The van der Waals surface area contributed by atoms with Crippen LogP contribution in [0.1, 0.15) is 22.3 Å². The zero-order valence-electron chi connectivity index (χ0n) is 14.7. The maximum Gasteiger partial charge on any atom is 0.416 e. The number of hydrogen-bond donors (Lipinski definition) is 1. The standard InChI is InChI=1S/C21H16F3N3O/c22-21(23,24)17-4-1-3-15(10-17)13-28-19-7-6-14(11-26-19)9-16-12-27-20-18(16)5-2-8-25-20/h1-8,10-12H,9,13H2,(H,25,27). The smallest absolute Gasteiger partial charge is 0.416 e. The van der Waals surface area contributed by atoms with Crippen LogP contribution in [0.2, 0.25) is 0 Å². The van der Waals surface area contributed by atoms with Gasteiger partial charge in [-0.3, -0.25) is 0 Å². The fourth-order valence-corrected chi connectivity index (χ4v) is 2.97. The molecule has 0 saturated heterocycles. The van der Waals surface area contributed by atoms with Crippen molar-refractivity contribution in [3.05, 3.63) is 89.4 Å². The molecule has 0 fully saturated rings. The van der Waals surface area contributed by atoms with E-state index in [-0.39, 0.29) is 6.61 Å². The van der Waals surface area contributed by atoms with Gasteiger partial charge in [-0.15, -0.1) is 0 Å². The highest BCUT2D eigenvalue weighted by Gasteiger charge is 2.30. The molecule has 28 heavy (non-hydrogen) atoms. The highest BCUT2D eigenvalue weighted by molar-refractivity contribution is 5.79. The van der Waals surface area contributed by atoms with Gasteiger partial charge in [0.2, 0.25) is 5.88 Å². The number of hydrogen-bond acceptors (Lipinski definition) is 3. The lowest BCUT2D eigenvalue weighted by atomic mass is 10.1. The number of ether oxygens (including phenoxy) is 1. The van der Waals surface area contributed by atoms with Crippen LogP contribution in [0.4, 0.5) is 13.2 Å². The summed E-state index contributed by atoms with van der Waals surface area (Å²) in [5, 5.41) is 1.06. The first-order valence-electron chi connectivity index (χ1n) is 8.64. The summed E-state index contributed by atoms with van der Waals surface area (Å²) in [6.45, 7) is 0.0182. The molecule has 0 saturated carbocycles. The van der Waals surface area contributed by atoms with E-state index in [0.29, 0.717) is 17.9 Å². The number of H-pyrrole nitrogens is 1. The number of aromatic amines is 1. The third-order valence-electron chi connectivity index (χ3n) is 4.37. The van der Waals surface area contributed by atoms with E-state index < -0.39 is 11.7 Å². The summed E-state index contributed by atoms with van der Waals surface area (Å²) in [5.41, 5.74) is 2.70. The normalized spacial score (nSPS) is 11.7. The van der Waals surface area contributed by atoms with Crippen LogP contribution in [0.15, 0.2) is 67.1 Å². The van der Waals surface area contributed by atoms with Gasteiger partial charge < -0.3 is 9.72 Å². The molecule has 1 N–H and O–H groups in total. The lowest BCUT2D eigenvalue weighted by molar-refractivity contribution is -0.137. The Bertz CT molecular complexity index is 1090. The maximum atomic E-state index is 12.8. The SMILES string of the molecule is FC(F)(F)c1cccc(COc2ccc(Cc3c[nH]c4ncccc34)cn2)c1. The molecule has 4 rings (SSSR count). The first-order valence-corrected chi connectivity index (χ1v) is 8.64. The molecule has 0 aliphatic carbocycles. The second-order valence-corrected chi connectivity index (χ2v) is 6.38. The highest BCUT2D eigenvalue weighted by Crippen LogP contribution is 2.29. The average molecular weight is 383 g/mol. The molecular weight excluding hydrogens is 367 g/mol. The number of halogens is 3. The summed E-state index contributed by atoms with van der Waals surface area (Å²) in [6, 6.07) is 12.6. The van der Waals surface area contributed by atoms with Crippen molar-refractivity contribution in [2.24, 2.45) is 0 Å². The first kappa shape index (κ1) is 18.0. The number of aromatic nitrogens is 3. The van der Waals surface area contributed by atoms with Gasteiger partial charge in [0.05, 0.1) is 5.56 Å². The number of nitrogens with one attached hydrogen (secondary N) is 1. The van der Waals surface area contributed by atoms with E-state index in [0.717, 1.165) is 34.3 Å². The number of alkyl halides is 3. The maximum absolute atomic E-state index is 12.8. The summed E-state index contributed by atoms with van der Waals surface area (Å²) in [5.74, 6) is 0.363. The number of benzene rings is 1. The molecule has 0 unspecified atom stereocenters. The van der Waals surface area contributed by atoms with Crippen LogP contribution in [-0.2, 0) is 19.2 Å². The Labute approximate surface area is 159 Å². The van der Waals surface area contributed by atoms with Gasteiger partial charge in [0.15, 0.2) is 0 Å². The Balaban J connectivity index is 1.41. The van der Waals surface area contributed by atoms with Crippen LogP contribution in [0.25, 0.3) is 11.0 Å². The minimum atomic E-state index is -4.37. The topological polar surface area (TPSA) is 50.8 Å². The molecule has 1 aromatic carbocycles. The zero-order chi connectivity index (χ0) is 19.6. The summed E-state index contributed by atoms with van der Waals surface area (Å²) < 4.78 is 43.8. The van der Waals surface area contributed by atoms with E-state index in [1.165, 1.54) is 6.07 Å². The van der Waals surface area contributed by atoms with Crippen molar-refractivity contribution in [1.82, 2.24) is 15.0 Å². The van der Waals surface area contributed by atoms with E-state index in [9.17, 15) is 13.2 Å². The lowest BCUT2D eigenvalue weighted by Crippen LogP contribution is -2.06. The quantitative estimate of drug-likeness (QED) is 0.519. The van der Waals surface area contributed by atoms with Gasteiger partial charge in [-0.2, -0.15) is 13.2 Å². The molecule has 4 nitrogen and oxygen atoms in total. The molecule has 3 aromatic heterocycles. The monoisotopic (exact) mass is 383 g/mol. The van der Waals surface area contributed by atoms with E-state index in [4.69, 9.17) is 4.74 Å². The van der Waals surface area contributed by atoms with Crippen molar-refractivity contribution >= 4 is 11.0 Å². The molecule has 7 heteroatoms. The van der Waals surface area contributed by atoms with E-state index in [1.54, 1.807) is 24.5 Å². The molecule has 142 valence electrons. The fraction of sp³-hybridized carbons (Fsp3) is 0.143. The van der Waals surface area contributed by atoms with Gasteiger partial charge in [0.25, 0.3) is 0 Å². The van der Waals surface area contributed by atoms with E-state index in [1.807, 2.05) is 24.4 Å². The summed E-state index contributed by atoms with van der Waals surface area (Å²) in [4.78, 5) is 11.7. The second kappa shape index (κ2) is 7.34. The molecule has 0 amide bonds. The predicted molar refractivity (Wildman–Crippen MR) is 98.9 cm³/mol. The number of pyridine rings is 2. The Morgan fingerprint density at radius 1 is 0.964 bits per heavy atom. The molecular formula is C21H16F3N3O. The lowest BCUT2D eigenvalue weighted by Gasteiger charge is -2.10. The largest absolute Gasteiger partial charge is 0.473 e. The summed E-state index contributed by atoms with van der Waals surface area (Å²) in [7, 11) is 0. The van der Waals surface area contributed by atoms with Gasteiger partial charge >= 0.3 is 6.18 Å². The number of rotatable bonds is 5. The van der Waals surface area contributed by atoms with Crippen molar-refractivity contribution in [3.63, 3.8) is 0 Å². The minimum absolute atomic E-state index is 0.0182. The van der Waals surface area contributed by atoms with Crippen molar-refractivity contribution in [3.8, 4) is 5.88 Å². The Morgan fingerprint density at radius 2 is 1.86 bits per heavy atom. The van der Waals surface area contributed by atoms with Crippen molar-refractivity contribution in [2.75, 3.05) is 0 Å². The Morgan fingerprint density at radius 3 is 2.64 bits per heavy atom. The zero-order valence-corrected chi connectivity index (χ0v) is 14.7. The Hall–Kier alpha value is -3.35. The van der Waals surface area contributed by atoms with Gasteiger partial charge in [-0.25, -0.2) is 9.97 Å². The van der Waals surface area contributed by atoms with E-state index >= 15 is 0 Å².